The van der Waals surface area contributed by atoms with Crippen LogP contribution in [0.15, 0.2) is 91.0 Å². The second-order valence-electron chi connectivity index (χ2n) is 8.93. The minimum atomic E-state index is -0.150. The van der Waals surface area contributed by atoms with Gasteiger partial charge in [-0.05, 0) is 41.5 Å². The third kappa shape index (κ3) is 2.42. The van der Waals surface area contributed by atoms with Crippen molar-refractivity contribution >= 4 is 28.6 Å². The van der Waals surface area contributed by atoms with Crippen molar-refractivity contribution in [2.24, 2.45) is 0 Å². The zero-order valence-corrected chi connectivity index (χ0v) is 17.9. The van der Waals surface area contributed by atoms with Gasteiger partial charge in [0.1, 0.15) is 0 Å². The Kier molecular flexibility index (Phi) is 3.82. The van der Waals surface area contributed by atoms with Crippen LogP contribution in [0.2, 0.25) is 0 Å². The topological polar surface area (TPSA) is 37.4 Å². The highest BCUT2D eigenvalue weighted by molar-refractivity contribution is 6.28. The van der Waals surface area contributed by atoms with Crippen LogP contribution in [0.4, 0.5) is 17.1 Å². The highest BCUT2D eigenvalue weighted by Gasteiger charge is 2.37. The predicted molar refractivity (Wildman–Crippen MR) is 127 cm³/mol. The molecule has 4 aromatic carbocycles. The second-order valence-corrected chi connectivity index (χ2v) is 8.93. The Morgan fingerprint density at radius 3 is 1.62 bits per heavy atom. The van der Waals surface area contributed by atoms with Crippen LogP contribution in [0.3, 0.4) is 0 Å². The smallest absolute Gasteiger partial charge is 0.194 e. The molecule has 0 fully saturated rings. The molecule has 0 saturated carbocycles. The van der Waals surface area contributed by atoms with Gasteiger partial charge < -0.3 is 4.90 Å². The SMILES string of the molecule is CC1(C)c2ccccc2N(c2ccc3c(c2)C(=O)c2ccccc2C3=O)c2ccccc21. The van der Waals surface area contributed by atoms with Gasteiger partial charge in [0.25, 0.3) is 0 Å². The van der Waals surface area contributed by atoms with Crippen LogP contribution in [0.25, 0.3) is 0 Å². The van der Waals surface area contributed by atoms with Gasteiger partial charge in [-0.1, -0.05) is 74.5 Å². The molecular formula is C29H21NO2. The molecule has 0 spiro atoms. The van der Waals surface area contributed by atoms with E-state index in [4.69, 9.17) is 0 Å². The monoisotopic (exact) mass is 415 g/mol. The Bertz CT molecular complexity index is 1400. The van der Waals surface area contributed by atoms with Gasteiger partial charge in [-0.2, -0.15) is 0 Å². The predicted octanol–water partition coefficient (Wildman–Crippen LogP) is 6.57. The Morgan fingerprint density at radius 2 is 1.03 bits per heavy atom. The maximum Gasteiger partial charge on any atom is 0.194 e. The van der Waals surface area contributed by atoms with E-state index in [9.17, 15) is 9.59 Å². The molecule has 0 N–H and O–H groups in total. The standard InChI is InChI=1S/C29H21NO2/c1-29(2)23-11-5-7-13-25(23)30(26-14-8-6-12-24(26)29)18-15-16-21-22(17-18)28(32)20-10-4-3-9-19(20)27(21)31/h3-17H,1-2H3. The van der Waals surface area contributed by atoms with E-state index in [0.717, 1.165) is 17.1 Å². The number of carbonyl (C=O) groups excluding carboxylic acids is 2. The first-order valence-electron chi connectivity index (χ1n) is 10.8. The van der Waals surface area contributed by atoms with Crippen molar-refractivity contribution in [2.45, 2.75) is 19.3 Å². The Balaban J connectivity index is 1.58. The van der Waals surface area contributed by atoms with E-state index in [1.54, 1.807) is 30.3 Å². The van der Waals surface area contributed by atoms with Crippen LogP contribution >= 0.6 is 0 Å². The molecule has 4 aromatic rings. The average Bonchev–Trinajstić information content (AvgIpc) is 2.83. The van der Waals surface area contributed by atoms with Gasteiger partial charge in [-0.15, -0.1) is 0 Å². The van der Waals surface area contributed by atoms with Crippen LogP contribution in [0.5, 0.6) is 0 Å². The first kappa shape index (κ1) is 18.8. The number of rotatable bonds is 1. The third-order valence-corrected chi connectivity index (χ3v) is 6.80. The van der Waals surface area contributed by atoms with Gasteiger partial charge in [-0.25, -0.2) is 0 Å². The summed E-state index contributed by atoms with van der Waals surface area (Å²) in [6, 6.07) is 29.5. The molecule has 1 heterocycles. The van der Waals surface area contributed by atoms with Crippen molar-refractivity contribution in [3.8, 4) is 0 Å². The van der Waals surface area contributed by atoms with Crippen molar-refractivity contribution in [2.75, 3.05) is 4.90 Å². The summed E-state index contributed by atoms with van der Waals surface area (Å²) in [5.41, 5.74) is 7.24. The fourth-order valence-electron chi connectivity index (χ4n) is 5.17. The molecule has 0 aromatic heterocycles. The number of anilines is 3. The van der Waals surface area contributed by atoms with E-state index in [1.807, 2.05) is 24.3 Å². The molecular weight excluding hydrogens is 394 g/mol. The summed E-state index contributed by atoms with van der Waals surface area (Å²) in [6.07, 6.45) is 0. The zero-order chi connectivity index (χ0) is 22.0. The Morgan fingerprint density at radius 1 is 0.562 bits per heavy atom. The molecule has 0 bridgehead atoms. The molecule has 3 nitrogen and oxygen atoms in total. The van der Waals surface area contributed by atoms with Gasteiger partial charge in [0.15, 0.2) is 11.6 Å². The highest BCUT2D eigenvalue weighted by atomic mass is 16.1. The van der Waals surface area contributed by atoms with Crippen molar-refractivity contribution < 1.29 is 9.59 Å². The molecule has 6 rings (SSSR count). The average molecular weight is 415 g/mol. The van der Waals surface area contributed by atoms with Crippen LogP contribution < -0.4 is 4.90 Å². The van der Waals surface area contributed by atoms with E-state index >= 15 is 0 Å². The number of fused-ring (bicyclic) bond motifs is 4. The fraction of sp³-hybridized carbons (Fsp3) is 0.103. The molecule has 1 aliphatic heterocycles. The first-order valence-corrected chi connectivity index (χ1v) is 10.8. The molecule has 1 aliphatic carbocycles. The molecule has 154 valence electrons. The number of nitrogens with zero attached hydrogens (tertiary/aromatic N) is 1. The Labute approximate surface area is 186 Å². The van der Waals surface area contributed by atoms with Gasteiger partial charge in [0, 0.05) is 33.4 Å². The lowest BCUT2D eigenvalue weighted by molar-refractivity contribution is 0.0979. The third-order valence-electron chi connectivity index (χ3n) is 6.80. The van der Waals surface area contributed by atoms with Crippen LogP contribution in [0, 0.1) is 0 Å². The summed E-state index contributed by atoms with van der Waals surface area (Å²) in [7, 11) is 0. The molecule has 0 atom stereocenters. The molecule has 0 amide bonds. The second kappa shape index (κ2) is 6.51. The molecule has 2 aliphatic rings. The van der Waals surface area contributed by atoms with E-state index in [1.165, 1.54) is 11.1 Å². The minimum Gasteiger partial charge on any atom is -0.310 e. The Hall–Kier alpha value is -3.98. The minimum absolute atomic E-state index is 0.0951. The lowest BCUT2D eigenvalue weighted by atomic mass is 9.73. The van der Waals surface area contributed by atoms with Crippen molar-refractivity contribution in [3.63, 3.8) is 0 Å². The van der Waals surface area contributed by atoms with Crippen LogP contribution in [0.1, 0.15) is 56.8 Å². The van der Waals surface area contributed by atoms with Gasteiger partial charge in [-0.3, -0.25) is 9.59 Å². The lowest BCUT2D eigenvalue weighted by Gasteiger charge is -2.42. The number of carbonyl (C=O) groups is 2. The van der Waals surface area contributed by atoms with Gasteiger partial charge in [0.2, 0.25) is 0 Å². The van der Waals surface area contributed by atoms with Crippen molar-refractivity contribution in [1.29, 1.82) is 0 Å². The maximum atomic E-state index is 13.3. The summed E-state index contributed by atoms with van der Waals surface area (Å²) in [6.45, 7) is 4.49. The summed E-state index contributed by atoms with van der Waals surface area (Å²) in [5, 5.41) is 0. The van der Waals surface area contributed by atoms with E-state index < -0.39 is 0 Å². The fourth-order valence-corrected chi connectivity index (χ4v) is 5.17. The van der Waals surface area contributed by atoms with E-state index in [0.29, 0.717) is 22.3 Å². The summed E-state index contributed by atoms with van der Waals surface area (Å²) in [5.74, 6) is -0.196. The summed E-state index contributed by atoms with van der Waals surface area (Å²) in [4.78, 5) is 28.6. The lowest BCUT2D eigenvalue weighted by Crippen LogP contribution is -2.30. The molecule has 0 unspecified atom stereocenters. The summed E-state index contributed by atoms with van der Waals surface area (Å²) >= 11 is 0. The van der Waals surface area contributed by atoms with Gasteiger partial charge in [0.05, 0.1) is 11.4 Å². The molecule has 0 saturated heterocycles. The molecule has 32 heavy (non-hydrogen) atoms. The van der Waals surface area contributed by atoms with Crippen molar-refractivity contribution in [3.05, 3.63) is 124 Å². The van der Waals surface area contributed by atoms with E-state index in [-0.39, 0.29) is 17.0 Å². The molecule has 0 radical (unpaired) electrons. The number of ketones is 2. The van der Waals surface area contributed by atoms with Crippen LogP contribution in [-0.2, 0) is 5.41 Å². The number of hydrogen-bond acceptors (Lipinski definition) is 3. The maximum absolute atomic E-state index is 13.3. The number of hydrogen-bond donors (Lipinski definition) is 0. The largest absolute Gasteiger partial charge is 0.310 e. The van der Waals surface area contributed by atoms with E-state index in [2.05, 4.69) is 55.1 Å². The normalized spacial score (nSPS) is 15.5. The zero-order valence-electron chi connectivity index (χ0n) is 17.9. The number of para-hydroxylation sites is 2. The quantitative estimate of drug-likeness (QED) is 0.311. The number of benzene rings is 4. The summed E-state index contributed by atoms with van der Waals surface area (Å²) < 4.78 is 0. The first-order chi connectivity index (χ1) is 15.5. The highest BCUT2D eigenvalue weighted by Crippen LogP contribution is 2.51. The molecule has 3 heteroatoms. The van der Waals surface area contributed by atoms with Gasteiger partial charge >= 0.3 is 0 Å². The van der Waals surface area contributed by atoms with Crippen LogP contribution in [-0.4, -0.2) is 11.6 Å². The van der Waals surface area contributed by atoms with Crippen molar-refractivity contribution in [1.82, 2.24) is 0 Å².